The number of nitrogens with one attached hydrogen (secondary N) is 1. The van der Waals surface area contributed by atoms with Crippen LogP contribution in [0.25, 0.3) is 11.0 Å². The first-order chi connectivity index (χ1) is 9.75. The number of halogens is 1. The molecule has 0 fully saturated rings. The van der Waals surface area contributed by atoms with Gasteiger partial charge in [0.1, 0.15) is 11.6 Å². The van der Waals surface area contributed by atoms with E-state index in [9.17, 15) is 4.39 Å². The zero-order valence-corrected chi connectivity index (χ0v) is 11.3. The maximum Gasteiger partial charge on any atom is 0.146 e. The Kier molecular flexibility index (Phi) is 3.37. The summed E-state index contributed by atoms with van der Waals surface area (Å²) in [6, 6.07) is 14.8. The van der Waals surface area contributed by atoms with Gasteiger partial charge in [0.15, 0.2) is 0 Å². The number of fused-ring (bicyclic) bond motifs is 1. The number of hydrogen-bond acceptors (Lipinski definition) is 2. The number of aryl methyl sites for hydroxylation is 1. The van der Waals surface area contributed by atoms with Crippen LogP contribution in [-0.4, -0.2) is 16.1 Å². The van der Waals surface area contributed by atoms with Gasteiger partial charge in [-0.25, -0.2) is 9.37 Å². The van der Waals surface area contributed by atoms with Gasteiger partial charge in [0.2, 0.25) is 0 Å². The van der Waals surface area contributed by atoms with Gasteiger partial charge in [-0.05, 0) is 31.2 Å². The van der Waals surface area contributed by atoms with Crippen molar-refractivity contribution >= 4 is 16.7 Å². The normalized spacial score (nSPS) is 10.9. The van der Waals surface area contributed by atoms with Gasteiger partial charge in [0.25, 0.3) is 0 Å². The Labute approximate surface area is 117 Å². The molecule has 20 heavy (non-hydrogen) atoms. The maximum absolute atomic E-state index is 13.5. The average Bonchev–Trinajstić information content (AvgIpc) is 2.77. The van der Waals surface area contributed by atoms with E-state index in [1.165, 1.54) is 6.07 Å². The molecule has 0 bridgehead atoms. The van der Waals surface area contributed by atoms with Crippen molar-refractivity contribution in [2.24, 2.45) is 0 Å². The second-order valence-corrected chi connectivity index (χ2v) is 4.71. The first-order valence-corrected chi connectivity index (χ1v) is 6.66. The SMILES string of the molecule is Cc1nc2ccccc2n1CCNc1ccccc1F. The van der Waals surface area contributed by atoms with Gasteiger partial charge in [0, 0.05) is 13.1 Å². The minimum absolute atomic E-state index is 0.222. The Hall–Kier alpha value is -2.36. The molecule has 0 amide bonds. The molecule has 0 aliphatic heterocycles. The van der Waals surface area contributed by atoms with E-state index in [-0.39, 0.29) is 5.82 Å². The molecule has 0 unspecified atom stereocenters. The Morgan fingerprint density at radius 1 is 1.10 bits per heavy atom. The number of rotatable bonds is 4. The fourth-order valence-electron chi connectivity index (χ4n) is 2.39. The molecule has 0 saturated heterocycles. The monoisotopic (exact) mass is 269 g/mol. The molecule has 1 N–H and O–H groups in total. The minimum atomic E-state index is -0.222. The second-order valence-electron chi connectivity index (χ2n) is 4.71. The van der Waals surface area contributed by atoms with E-state index in [1.807, 2.05) is 31.2 Å². The van der Waals surface area contributed by atoms with Gasteiger partial charge in [-0.1, -0.05) is 24.3 Å². The van der Waals surface area contributed by atoms with Gasteiger partial charge in [-0.15, -0.1) is 0 Å². The van der Waals surface area contributed by atoms with Crippen LogP contribution in [0.15, 0.2) is 48.5 Å². The van der Waals surface area contributed by atoms with Gasteiger partial charge in [-0.3, -0.25) is 0 Å². The van der Waals surface area contributed by atoms with Gasteiger partial charge >= 0.3 is 0 Å². The second kappa shape index (κ2) is 5.33. The summed E-state index contributed by atoms with van der Waals surface area (Å²) >= 11 is 0. The Morgan fingerprint density at radius 2 is 1.85 bits per heavy atom. The van der Waals surface area contributed by atoms with Crippen molar-refractivity contribution in [1.82, 2.24) is 9.55 Å². The molecule has 1 aromatic heterocycles. The summed E-state index contributed by atoms with van der Waals surface area (Å²) in [5.41, 5.74) is 2.64. The van der Waals surface area contributed by atoms with Crippen molar-refractivity contribution in [3.05, 3.63) is 60.2 Å². The highest BCUT2D eigenvalue weighted by Gasteiger charge is 2.06. The van der Waals surface area contributed by atoms with Crippen LogP contribution in [0.1, 0.15) is 5.82 Å². The van der Waals surface area contributed by atoms with Crippen LogP contribution in [0.3, 0.4) is 0 Å². The van der Waals surface area contributed by atoms with Gasteiger partial charge < -0.3 is 9.88 Å². The third kappa shape index (κ3) is 2.37. The maximum atomic E-state index is 13.5. The molecule has 102 valence electrons. The van der Waals surface area contributed by atoms with Crippen LogP contribution < -0.4 is 5.32 Å². The highest BCUT2D eigenvalue weighted by atomic mass is 19.1. The summed E-state index contributed by atoms with van der Waals surface area (Å²) in [6.07, 6.45) is 0. The van der Waals surface area contributed by atoms with E-state index in [1.54, 1.807) is 12.1 Å². The lowest BCUT2D eigenvalue weighted by molar-refractivity contribution is 0.628. The topological polar surface area (TPSA) is 29.9 Å². The standard InChI is InChI=1S/C16H16FN3/c1-12-19-15-8-4-5-9-16(15)20(12)11-10-18-14-7-3-2-6-13(14)17/h2-9,18H,10-11H2,1H3. The smallest absolute Gasteiger partial charge is 0.146 e. The average molecular weight is 269 g/mol. The Morgan fingerprint density at radius 3 is 2.70 bits per heavy atom. The molecule has 2 aromatic carbocycles. The Balaban J connectivity index is 1.74. The molecule has 1 heterocycles. The molecule has 0 saturated carbocycles. The highest BCUT2D eigenvalue weighted by molar-refractivity contribution is 5.75. The minimum Gasteiger partial charge on any atom is -0.381 e. The first-order valence-electron chi connectivity index (χ1n) is 6.66. The quantitative estimate of drug-likeness (QED) is 0.784. The van der Waals surface area contributed by atoms with Crippen molar-refractivity contribution in [2.45, 2.75) is 13.5 Å². The van der Waals surface area contributed by atoms with Crippen LogP contribution in [0.2, 0.25) is 0 Å². The van der Waals surface area contributed by atoms with E-state index >= 15 is 0 Å². The van der Waals surface area contributed by atoms with Crippen molar-refractivity contribution in [3.63, 3.8) is 0 Å². The summed E-state index contributed by atoms with van der Waals surface area (Å²) in [5.74, 6) is 0.751. The molecule has 0 aliphatic carbocycles. The summed E-state index contributed by atoms with van der Waals surface area (Å²) in [7, 11) is 0. The molecule has 0 aliphatic rings. The zero-order valence-electron chi connectivity index (χ0n) is 11.3. The van der Waals surface area contributed by atoms with Gasteiger partial charge in [0.05, 0.1) is 16.7 Å². The number of anilines is 1. The van der Waals surface area contributed by atoms with Crippen LogP contribution in [0.4, 0.5) is 10.1 Å². The lowest BCUT2D eigenvalue weighted by atomic mass is 10.3. The number of hydrogen-bond donors (Lipinski definition) is 1. The van der Waals surface area contributed by atoms with E-state index in [4.69, 9.17) is 0 Å². The van der Waals surface area contributed by atoms with E-state index in [2.05, 4.69) is 20.9 Å². The third-order valence-electron chi connectivity index (χ3n) is 3.37. The van der Waals surface area contributed by atoms with Crippen molar-refractivity contribution in [3.8, 4) is 0 Å². The molecule has 0 atom stereocenters. The largest absolute Gasteiger partial charge is 0.381 e. The lowest BCUT2D eigenvalue weighted by Crippen LogP contribution is -2.12. The fourth-order valence-corrected chi connectivity index (χ4v) is 2.39. The van der Waals surface area contributed by atoms with Crippen LogP contribution >= 0.6 is 0 Å². The van der Waals surface area contributed by atoms with Crippen LogP contribution in [0.5, 0.6) is 0 Å². The predicted octanol–water partition coefficient (Wildman–Crippen LogP) is 3.60. The number of aromatic nitrogens is 2. The lowest BCUT2D eigenvalue weighted by Gasteiger charge is -2.10. The summed E-state index contributed by atoms with van der Waals surface area (Å²) in [4.78, 5) is 4.52. The van der Waals surface area contributed by atoms with Gasteiger partial charge in [-0.2, -0.15) is 0 Å². The number of nitrogens with zero attached hydrogens (tertiary/aromatic N) is 2. The fraction of sp³-hybridized carbons (Fsp3) is 0.188. The zero-order chi connectivity index (χ0) is 13.9. The number of benzene rings is 2. The first kappa shape index (κ1) is 12.7. The molecular formula is C16H16FN3. The van der Waals surface area contributed by atoms with Crippen LogP contribution in [0, 0.1) is 12.7 Å². The summed E-state index contributed by atoms with van der Waals surface area (Å²) < 4.78 is 15.6. The molecule has 3 aromatic rings. The van der Waals surface area contributed by atoms with Crippen LogP contribution in [-0.2, 0) is 6.54 Å². The molecule has 0 radical (unpaired) electrons. The third-order valence-corrected chi connectivity index (χ3v) is 3.37. The van der Waals surface area contributed by atoms with E-state index in [0.29, 0.717) is 12.2 Å². The Bertz CT molecular complexity index is 733. The number of imidazole rings is 1. The predicted molar refractivity (Wildman–Crippen MR) is 79.4 cm³/mol. The van der Waals surface area contributed by atoms with E-state index in [0.717, 1.165) is 23.4 Å². The van der Waals surface area contributed by atoms with E-state index < -0.39 is 0 Å². The van der Waals surface area contributed by atoms with Crippen molar-refractivity contribution in [2.75, 3.05) is 11.9 Å². The molecule has 4 heteroatoms. The highest BCUT2D eigenvalue weighted by Crippen LogP contribution is 2.16. The molecular weight excluding hydrogens is 253 g/mol. The van der Waals surface area contributed by atoms with Crippen molar-refractivity contribution in [1.29, 1.82) is 0 Å². The summed E-state index contributed by atoms with van der Waals surface area (Å²) in [5, 5.41) is 3.12. The van der Waals surface area contributed by atoms with Crippen molar-refractivity contribution < 1.29 is 4.39 Å². The molecule has 3 rings (SSSR count). The molecule has 0 spiro atoms. The summed E-state index contributed by atoms with van der Waals surface area (Å²) in [6.45, 7) is 3.39. The number of para-hydroxylation sites is 3. The molecule has 3 nitrogen and oxygen atoms in total.